The maximum Gasteiger partial charge on any atom is 0.417 e. The van der Waals surface area contributed by atoms with E-state index in [1.165, 1.54) is 16.9 Å². The van der Waals surface area contributed by atoms with Crippen LogP contribution in [0.5, 0.6) is 0 Å². The molecule has 0 bridgehead atoms. The molecule has 0 fully saturated rings. The molecule has 150 valence electrons. The lowest BCUT2D eigenvalue weighted by atomic mass is 10.2. The van der Waals surface area contributed by atoms with Crippen LogP contribution in [0.25, 0.3) is 16.9 Å². The third-order valence-corrected chi connectivity index (χ3v) is 4.50. The van der Waals surface area contributed by atoms with Crippen molar-refractivity contribution in [3.8, 4) is 5.82 Å². The van der Waals surface area contributed by atoms with Gasteiger partial charge >= 0.3 is 6.18 Å². The number of anilines is 1. The lowest BCUT2D eigenvalue weighted by Gasteiger charge is -2.08. The Hall–Kier alpha value is -3.70. The molecule has 0 atom stereocenters. The summed E-state index contributed by atoms with van der Waals surface area (Å²) in [5.41, 5.74) is 1.11. The van der Waals surface area contributed by atoms with E-state index in [4.69, 9.17) is 0 Å². The fraction of sp³-hybridized carbons (Fsp3) is 0.235. The van der Waals surface area contributed by atoms with Gasteiger partial charge in [-0.2, -0.15) is 28.5 Å². The third-order valence-electron chi connectivity index (χ3n) is 4.50. The van der Waals surface area contributed by atoms with Gasteiger partial charge in [0.2, 0.25) is 0 Å². The Labute approximate surface area is 161 Å². The summed E-state index contributed by atoms with van der Waals surface area (Å²) in [4.78, 5) is 16.5. The minimum atomic E-state index is -4.48. The van der Waals surface area contributed by atoms with Gasteiger partial charge in [-0.15, -0.1) is 0 Å². The first-order valence-electron chi connectivity index (χ1n) is 8.44. The van der Waals surface area contributed by atoms with Crippen LogP contribution in [0, 0.1) is 13.8 Å². The zero-order chi connectivity index (χ0) is 20.9. The fourth-order valence-corrected chi connectivity index (χ4v) is 3.05. The maximum absolute atomic E-state index is 12.7. The summed E-state index contributed by atoms with van der Waals surface area (Å²) in [5.74, 6) is 0.117. The summed E-state index contributed by atoms with van der Waals surface area (Å²) in [6.45, 7) is 3.42. The molecule has 0 aliphatic rings. The van der Waals surface area contributed by atoms with Crippen LogP contribution in [-0.2, 0) is 13.2 Å². The number of hydrogen-bond donors (Lipinski definition) is 2. The zero-order valence-corrected chi connectivity index (χ0v) is 15.5. The lowest BCUT2D eigenvalue weighted by molar-refractivity contribution is -0.137. The van der Waals surface area contributed by atoms with Gasteiger partial charge in [-0.05, 0) is 26.0 Å². The predicted molar refractivity (Wildman–Crippen MR) is 96.6 cm³/mol. The lowest BCUT2D eigenvalue weighted by Crippen LogP contribution is -2.14. The maximum atomic E-state index is 12.7. The minimum absolute atomic E-state index is 0.168. The number of halogens is 3. The average molecular weight is 404 g/mol. The molecule has 0 saturated carbocycles. The number of amides is 1. The van der Waals surface area contributed by atoms with Gasteiger partial charge in [0.1, 0.15) is 5.82 Å². The van der Waals surface area contributed by atoms with E-state index >= 15 is 0 Å². The third kappa shape index (κ3) is 3.11. The summed E-state index contributed by atoms with van der Waals surface area (Å²) in [7, 11) is 1.74. The van der Waals surface area contributed by atoms with E-state index in [-0.39, 0.29) is 11.4 Å². The first-order valence-corrected chi connectivity index (χ1v) is 8.44. The highest BCUT2D eigenvalue weighted by atomic mass is 19.4. The Morgan fingerprint density at radius 1 is 1.21 bits per heavy atom. The van der Waals surface area contributed by atoms with E-state index < -0.39 is 17.6 Å². The summed E-state index contributed by atoms with van der Waals surface area (Å²) < 4.78 is 41.0. The van der Waals surface area contributed by atoms with Gasteiger partial charge in [0.05, 0.1) is 34.1 Å². The molecule has 9 nitrogen and oxygen atoms in total. The van der Waals surface area contributed by atoms with Gasteiger partial charge in [-0.25, -0.2) is 14.3 Å². The van der Waals surface area contributed by atoms with Crippen LogP contribution < -0.4 is 5.32 Å². The average Bonchev–Trinajstić information content (AvgIpc) is 3.31. The van der Waals surface area contributed by atoms with Gasteiger partial charge in [0, 0.05) is 13.2 Å². The number of carbonyl (C=O) groups is 1. The molecule has 0 radical (unpaired) electrons. The fourth-order valence-electron chi connectivity index (χ4n) is 3.05. The van der Waals surface area contributed by atoms with E-state index in [1.54, 1.807) is 25.6 Å². The summed E-state index contributed by atoms with van der Waals surface area (Å²) in [5, 5.41) is 18.7. The van der Waals surface area contributed by atoms with Crippen molar-refractivity contribution in [1.82, 2.24) is 34.7 Å². The Kier molecular flexibility index (Phi) is 4.14. The molecule has 4 rings (SSSR count). The molecular weight excluding hydrogens is 389 g/mol. The van der Waals surface area contributed by atoms with Crippen LogP contribution >= 0.6 is 0 Å². The van der Waals surface area contributed by atoms with Crippen molar-refractivity contribution in [3.05, 3.63) is 47.0 Å². The number of aromatic nitrogens is 7. The van der Waals surface area contributed by atoms with Gasteiger partial charge in [0.25, 0.3) is 5.91 Å². The normalized spacial score (nSPS) is 11.9. The standard InChI is InChI=1S/C17H15F3N8O/c1-8-13-14(24-25-15(13)27(3)26-8)23-16(29)11-7-22-28(9(11)2)12-5-4-10(6-21-12)17(18,19)20/h4-7H,1-3H3,(H2,23,24,25,29). The van der Waals surface area contributed by atoms with E-state index in [0.717, 1.165) is 12.3 Å². The number of aryl methyl sites for hydroxylation is 2. The molecule has 4 aromatic heterocycles. The van der Waals surface area contributed by atoms with Crippen molar-refractivity contribution in [1.29, 1.82) is 0 Å². The first-order chi connectivity index (χ1) is 13.7. The number of rotatable bonds is 3. The highest BCUT2D eigenvalue weighted by molar-refractivity contribution is 6.08. The topological polar surface area (TPSA) is 106 Å². The van der Waals surface area contributed by atoms with Gasteiger partial charge in [-0.3, -0.25) is 9.89 Å². The molecular formula is C17H15F3N8O. The molecule has 0 spiro atoms. The number of hydrogen-bond acceptors (Lipinski definition) is 5. The molecule has 0 aliphatic carbocycles. The number of nitrogens with zero attached hydrogens (tertiary/aromatic N) is 6. The second-order valence-corrected chi connectivity index (χ2v) is 6.42. The molecule has 4 heterocycles. The number of fused-ring (bicyclic) bond motifs is 1. The van der Waals surface area contributed by atoms with E-state index in [1.807, 2.05) is 0 Å². The van der Waals surface area contributed by atoms with Crippen LogP contribution in [-0.4, -0.2) is 40.6 Å². The number of nitrogens with one attached hydrogen (secondary N) is 2. The highest BCUT2D eigenvalue weighted by Crippen LogP contribution is 2.29. The first kappa shape index (κ1) is 18.7. The molecule has 0 unspecified atom stereocenters. The monoisotopic (exact) mass is 404 g/mol. The largest absolute Gasteiger partial charge is 0.417 e. The van der Waals surface area contributed by atoms with Crippen LogP contribution in [0.4, 0.5) is 19.0 Å². The number of aromatic amines is 1. The van der Waals surface area contributed by atoms with Crippen molar-refractivity contribution in [3.63, 3.8) is 0 Å². The minimum Gasteiger partial charge on any atom is -0.306 e. The molecule has 4 aromatic rings. The van der Waals surface area contributed by atoms with E-state index in [2.05, 4.69) is 30.7 Å². The molecule has 1 amide bonds. The van der Waals surface area contributed by atoms with Crippen LogP contribution in [0.1, 0.15) is 27.3 Å². The van der Waals surface area contributed by atoms with Gasteiger partial charge in [-0.1, -0.05) is 0 Å². The Morgan fingerprint density at radius 3 is 2.62 bits per heavy atom. The molecule has 0 aromatic carbocycles. The van der Waals surface area contributed by atoms with Crippen LogP contribution in [0.3, 0.4) is 0 Å². The zero-order valence-electron chi connectivity index (χ0n) is 15.5. The van der Waals surface area contributed by atoms with Gasteiger partial charge < -0.3 is 5.32 Å². The van der Waals surface area contributed by atoms with Crippen molar-refractivity contribution in [2.75, 3.05) is 5.32 Å². The number of pyridine rings is 1. The predicted octanol–water partition coefficient (Wildman–Crippen LogP) is 2.77. The van der Waals surface area contributed by atoms with Crippen molar-refractivity contribution in [2.45, 2.75) is 20.0 Å². The smallest absolute Gasteiger partial charge is 0.306 e. The Bertz CT molecular complexity index is 1220. The van der Waals surface area contributed by atoms with Gasteiger partial charge in [0.15, 0.2) is 11.5 Å². The van der Waals surface area contributed by atoms with Crippen molar-refractivity contribution >= 4 is 22.8 Å². The summed E-state index contributed by atoms with van der Waals surface area (Å²) >= 11 is 0. The summed E-state index contributed by atoms with van der Waals surface area (Å²) in [6.07, 6.45) is -2.42. The number of alkyl halides is 3. The second-order valence-electron chi connectivity index (χ2n) is 6.42. The molecule has 0 aliphatic heterocycles. The number of H-pyrrole nitrogens is 1. The molecule has 12 heteroatoms. The van der Waals surface area contributed by atoms with E-state index in [0.29, 0.717) is 28.2 Å². The number of carbonyl (C=O) groups excluding carboxylic acids is 1. The van der Waals surface area contributed by atoms with Crippen molar-refractivity contribution in [2.24, 2.45) is 7.05 Å². The van der Waals surface area contributed by atoms with E-state index in [9.17, 15) is 18.0 Å². The quantitative estimate of drug-likeness (QED) is 0.546. The second kappa shape index (κ2) is 6.43. The Morgan fingerprint density at radius 2 is 1.97 bits per heavy atom. The molecule has 2 N–H and O–H groups in total. The molecule has 29 heavy (non-hydrogen) atoms. The summed E-state index contributed by atoms with van der Waals surface area (Å²) in [6, 6.07) is 2.11. The molecule has 0 saturated heterocycles. The SMILES string of the molecule is Cc1nn(C)c2n[nH]c(NC(=O)c3cnn(-c4ccc(C(F)(F)F)cn4)c3C)c12. The van der Waals surface area contributed by atoms with Crippen LogP contribution in [0.15, 0.2) is 24.5 Å². The van der Waals surface area contributed by atoms with Crippen LogP contribution in [0.2, 0.25) is 0 Å². The highest BCUT2D eigenvalue weighted by Gasteiger charge is 2.31. The van der Waals surface area contributed by atoms with Crippen molar-refractivity contribution < 1.29 is 18.0 Å². The Balaban J connectivity index is 1.61.